The monoisotopic (exact) mass is 818 g/mol. The van der Waals surface area contributed by atoms with Gasteiger partial charge in [0.15, 0.2) is 0 Å². The number of alkyl halides is 4. The topological polar surface area (TPSA) is 0 Å². The number of fused-ring (bicyclic) bond motifs is 3. The zero-order valence-corrected chi connectivity index (χ0v) is 36.1. The van der Waals surface area contributed by atoms with E-state index in [0.717, 1.165) is 22.3 Å². The normalized spacial score (nSPS) is 14.4. The number of halogens is 4. The summed E-state index contributed by atoms with van der Waals surface area (Å²) in [6.45, 7) is 18.6. The van der Waals surface area contributed by atoms with Crippen molar-refractivity contribution in [3.05, 3.63) is 152 Å². The summed E-state index contributed by atoms with van der Waals surface area (Å²) in [5, 5.41) is 0. The van der Waals surface area contributed by atoms with Crippen LogP contribution in [0.2, 0.25) is 3.63 Å². The standard InChI is InChI=1S/C23H29.C17H14Cl4.C5H5.Zr/c1-14-9-16-11-17-10-15(2)21(23(6,7)8)13-19(17)18(16)12-20(14)22(3,4)5;18-8-14-2-12(3-15(6-14)9-19)1-13-4-16(10-20)7-17(5-13)11-21;1-2-4-5-3-1;/h9-13H,1-8H3;2-7H,8-11H2;1-5H;. The summed E-state index contributed by atoms with van der Waals surface area (Å²) in [6.07, 6.45) is 9.42. The van der Waals surface area contributed by atoms with E-state index in [2.05, 4.69) is 140 Å². The summed E-state index contributed by atoms with van der Waals surface area (Å²) >= 11 is 23.4. The third-order valence-electron chi connectivity index (χ3n) is 10.3. The molecule has 50 heavy (non-hydrogen) atoms. The molecule has 260 valence electrons. The molecule has 0 atom stereocenters. The van der Waals surface area contributed by atoms with Crippen LogP contribution < -0.4 is 0 Å². The van der Waals surface area contributed by atoms with Crippen molar-refractivity contribution in [2.75, 3.05) is 0 Å². The van der Waals surface area contributed by atoms with Crippen molar-refractivity contribution in [2.24, 2.45) is 0 Å². The fourth-order valence-corrected chi connectivity index (χ4v) is 18.1. The predicted molar refractivity (Wildman–Crippen MR) is 217 cm³/mol. The van der Waals surface area contributed by atoms with Gasteiger partial charge in [-0.05, 0) is 0 Å². The quantitative estimate of drug-likeness (QED) is 0.155. The van der Waals surface area contributed by atoms with E-state index in [-0.39, 0.29) is 14.5 Å². The van der Waals surface area contributed by atoms with Crippen molar-refractivity contribution in [3.63, 3.8) is 0 Å². The Morgan fingerprint density at radius 2 is 0.900 bits per heavy atom. The van der Waals surface area contributed by atoms with Gasteiger partial charge in [0.2, 0.25) is 0 Å². The molecule has 0 amide bonds. The van der Waals surface area contributed by atoms with Crippen molar-refractivity contribution in [1.82, 2.24) is 0 Å². The Labute approximate surface area is 328 Å². The molecule has 0 fully saturated rings. The van der Waals surface area contributed by atoms with Crippen molar-refractivity contribution in [3.8, 4) is 11.1 Å². The predicted octanol–water partition coefficient (Wildman–Crippen LogP) is 13.7. The summed E-state index contributed by atoms with van der Waals surface area (Å²) in [4.78, 5) is 0. The molecule has 0 nitrogen and oxygen atoms in total. The molecule has 0 saturated heterocycles. The Morgan fingerprint density at radius 3 is 1.22 bits per heavy atom. The number of hydrogen-bond acceptors (Lipinski definition) is 0. The summed E-state index contributed by atoms with van der Waals surface area (Å²) in [5.41, 5.74) is 18.2. The van der Waals surface area contributed by atoms with Gasteiger partial charge in [-0.25, -0.2) is 0 Å². The molecule has 0 saturated carbocycles. The Hall–Kier alpha value is -1.73. The van der Waals surface area contributed by atoms with E-state index < -0.39 is 21.3 Å². The zero-order valence-electron chi connectivity index (χ0n) is 30.6. The van der Waals surface area contributed by atoms with Gasteiger partial charge in [0.25, 0.3) is 0 Å². The summed E-state index contributed by atoms with van der Waals surface area (Å²) in [7, 11) is 0. The molecule has 0 aliphatic heterocycles. The number of benzene rings is 4. The second-order valence-corrected chi connectivity index (χ2v) is 23.8. The fraction of sp³-hybridized carbons (Fsp3) is 0.356. The average molecular weight is 822 g/mol. The summed E-state index contributed by atoms with van der Waals surface area (Å²) in [5.74, 6) is 1.72. The Kier molecular flexibility index (Phi) is 11.4. The van der Waals surface area contributed by atoms with E-state index in [0.29, 0.717) is 27.1 Å². The molecule has 0 aromatic heterocycles. The SMILES string of the molecule is Cc1cc2c(cc1C(C)(C)C)-c1cc(C(C)(C)C)c(C)cc1[CH]2[Zr](=[C](c1cc(CCl)cc(CCl)c1)c1cc(CCl)cc(CCl)c1)[CH]1C=CC=C1. The van der Waals surface area contributed by atoms with Crippen LogP contribution in [0, 0.1) is 13.8 Å². The second-order valence-electron chi connectivity index (χ2n) is 16.2. The molecule has 0 spiro atoms. The number of rotatable bonds is 8. The minimum absolute atomic E-state index is 0.0324. The van der Waals surface area contributed by atoms with E-state index >= 15 is 0 Å². The van der Waals surface area contributed by atoms with E-state index in [4.69, 9.17) is 46.4 Å². The Morgan fingerprint density at radius 1 is 0.540 bits per heavy atom. The molecule has 0 radical (unpaired) electrons. The van der Waals surface area contributed by atoms with Crippen molar-refractivity contribution < 1.29 is 21.3 Å². The maximum absolute atomic E-state index is 6.59. The third-order valence-corrected chi connectivity index (χ3v) is 20.2. The average Bonchev–Trinajstić information content (AvgIpc) is 3.71. The third kappa shape index (κ3) is 7.39. The first-order valence-corrected chi connectivity index (χ1v) is 23.8. The molecule has 0 bridgehead atoms. The van der Waals surface area contributed by atoms with Gasteiger partial charge in [-0.2, -0.15) is 0 Å². The van der Waals surface area contributed by atoms with Crippen molar-refractivity contribution in [2.45, 2.75) is 97.0 Å². The molecule has 2 aliphatic carbocycles. The van der Waals surface area contributed by atoms with Gasteiger partial charge in [0, 0.05) is 0 Å². The van der Waals surface area contributed by atoms with Gasteiger partial charge < -0.3 is 0 Å². The van der Waals surface area contributed by atoms with Gasteiger partial charge >= 0.3 is 331 Å². The molecule has 4 aromatic rings. The van der Waals surface area contributed by atoms with Crippen LogP contribution in [0.25, 0.3) is 11.1 Å². The summed E-state index contributed by atoms with van der Waals surface area (Å²) < 4.78 is 2.09. The van der Waals surface area contributed by atoms with Gasteiger partial charge in [-0.1, -0.05) is 0 Å². The van der Waals surface area contributed by atoms with E-state index in [1.54, 1.807) is 0 Å². The number of aryl methyl sites for hydroxylation is 2. The first-order chi connectivity index (χ1) is 23.7. The molecule has 2 aliphatic rings. The molecule has 0 N–H and O–H groups in total. The van der Waals surface area contributed by atoms with Gasteiger partial charge in [-0.15, -0.1) is 0 Å². The number of allylic oxidation sites excluding steroid dienone is 4. The Bertz CT molecular complexity index is 1870. The fourth-order valence-electron chi connectivity index (χ4n) is 8.29. The van der Waals surface area contributed by atoms with Gasteiger partial charge in [0.1, 0.15) is 0 Å². The van der Waals surface area contributed by atoms with Crippen LogP contribution in [0.5, 0.6) is 0 Å². The number of hydrogen-bond donors (Lipinski definition) is 0. The van der Waals surface area contributed by atoms with Crippen LogP contribution in [0.3, 0.4) is 0 Å². The van der Waals surface area contributed by atoms with Crippen molar-refractivity contribution in [1.29, 1.82) is 0 Å². The summed E-state index contributed by atoms with van der Waals surface area (Å²) in [6, 6.07) is 23.7. The molecule has 4 aromatic carbocycles. The minimum atomic E-state index is -2.98. The maximum atomic E-state index is 6.59. The van der Waals surface area contributed by atoms with Crippen LogP contribution in [-0.2, 0) is 55.6 Å². The van der Waals surface area contributed by atoms with E-state index in [1.807, 2.05) is 0 Å². The van der Waals surface area contributed by atoms with E-state index in [1.165, 1.54) is 58.8 Å². The van der Waals surface area contributed by atoms with E-state index in [9.17, 15) is 0 Å². The van der Waals surface area contributed by atoms with Gasteiger partial charge in [-0.3, -0.25) is 0 Å². The Balaban J connectivity index is 1.81. The van der Waals surface area contributed by atoms with Crippen LogP contribution in [0.4, 0.5) is 0 Å². The molecule has 0 heterocycles. The molecule has 5 heteroatoms. The molecular formula is C45H48Cl4Zr. The van der Waals surface area contributed by atoms with Crippen LogP contribution in [-0.4, -0.2) is 3.21 Å². The van der Waals surface area contributed by atoms with Crippen LogP contribution in [0.1, 0.15) is 112 Å². The molecule has 6 rings (SSSR count). The van der Waals surface area contributed by atoms with Crippen molar-refractivity contribution >= 4 is 49.6 Å². The second kappa shape index (κ2) is 15.0. The molecular weight excluding hydrogens is 774 g/mol. The molecule has 0 unspecified atom stereocenters. The first-order valence-electron chi connectivity index (χ1n) is 17.6. The van der Waals surface area contributed by atoms with Crippen LogP contribution in [0.15, 0.2) is 85.0 Å². The van der Waals surface area contributed by atoms with Crippen LogP contribution >= 0.6 is 46.4 Å². The van der Waals surface area contributed by atoms with Gasteiger partial charge in [0.05, 0.1) is 0 Å². The zero-order chi connectivity index (χ0) is 36.1. The first kappa shape index (κ1) is 38.0.